The number of hydrogen-bond donors (Lipinski definition) is 0. The van der Waals surface area contributed by atoms with E-state index in [0.717, 1.165) is 0 Å². The number of nitro groups is 1. The molecule has 11 heteroatoms. The van der Waals surface area contributed by atoms with E-state index >= 15 is 0 Å². The zero-order chi connectivity index (χ0) is 15.0. The van der Waals surface area contributed by atoms with Crippen LogP contribution < -0.4 is 0 Å². The van der Waals surface area contributed by atoms with Gasteiger partial charge in [0.15, 0.2) is 0 Å². The van der Waals surface area contributed by atoms with E-state index in [9.17, 15) is 36.9 Å². The van der Waals surface area contributed by atoms with Crippen LogP contribution >= 0.6 is 11.6 Å². The molecule has 0 saturated heterocycles. The van der Waals surface area contributed by atoms with E-state index in [2.05, 4.69) is 4.98 Å². The predicted molar refractivity (Wildman–Crippen MR) is 51.0 cm³/mol. The van der Waals surface area contributed by atoms with E-state index in [1.807, 2.05) is 0 Å². The zero-order valence-corrected chi connectivity index (χ0v) is 9.30. The van der Waals surface area contributed by atoms with Crippen LogP contribution in [-0.2, 0) is 6.18 Å². The van der Waals surface area contributed by atoms with E-state index < -0.39 is 45.4 Å². The van der Waals surface area contributed by atoms with E-state index in [0.29, 0.717) is 0 Å². The molecule has 0 saturated carbocycles. The lowest BCUT2D eigenvalue weighted by atomic mass is 10.1. The largest absolute Gasteiger partial charge is 0.440 e. The molecule has 0 amide bonds. The molecule has 0 aliphatic heterocycles. The molecular formula is C8H2ClF5N2O3. The van der Waals surface area contributed by atoms with Gasteiger partial charge in [0.05, 0.1) is 4.92 Å². The fraction of sp³-hybridized carbons (Fsp3) is 0.250. The lowest BCUT2D eigenvalue weighted by molar-refractivity contribution is -0.390. The van der Waals surface area contributed by atoms with Crippen LogP contribution in [0.15, 0.2) is 6.07 Å². The number of carbonyl (C=O) groups excluding carboxylic acids is 1. The van der Waals surface area contributed by atoms with Gasteiger partial charge in [-0.1, -0.05) is 0 Å². The van der Waals surface area contributed by atoms with Crippen molar-refractivity contribution in [3.05, 3.63) is 33.1 Å². The molecule has 5 nitrogen and oxygen atoms in total. The van der Waals surface area contributed by atoms with Crippen molar-refractivity contribution < 1.29 is 31.7 Å². The summed E-state index contributed by atoms with van der Waals surface area (Å²) in [6.45, 7) is 0. The van der Waals surface area contributed by atoms with Crippen molar-refractivity contribution in [2.75, 3.05) is 0 Å². The average Bonchev–Trinajstić information content (AvgIpc) is 2.25. The molecular weight excluding hydrogens is 303 g/mol. The molecule has 0 atom stereocenters. The van der Waals surface area contributed by atoms with Crippen LogP contribution in [0.5, 0.6) is 0 Å². The Bertz CT molecular complexity index is 546. The van der Waals surface area contributed by atoms with Gasteiger partial charge in [-0.2, -0.15) is 13.2 Å². The lowest BCUT2D eigenvalue weighted by Gasteiger charge is -2.10. The fourth-order valence-corrected chi connectivity index (χ4v) is 1.31. The monoisotopic (exact) mass is 304 g/mol. The number of alkyl halides is 5. The standard InChI is InChI=1S/C8H2ClF5N2O3/c9-6(17)3-1-2(7(10)11)4(16(18)19)5(15-3)8(12,13)14/h1,7H. The van der Waals surface area contributed by atoms with Crippen LogP contribution in [0.4, 0.5) is 27.6 Å². The fourth-order valence-electron chi connectivity index (χ4n) is 1.21. The highest BCUT2D eigenvalue weighted by atomic mass is 35.5. The second-order valence-corrected chi connectivity index (χ2v) is 3.47. The first-order valence-electron chi connectivity index (χ1n) is 4.30. The van der Waals surface area contributed by atoms with Crippen molar-refractivity contribution in [3.63, 3.8) is 0 Å². The van der Waals surface area contributed by atoms with E-state index in [1.165, 1.54) is 0 Å². The Morgan fingerprint density at radius 3 is 2.26 bits per heavy atom. The maximum atomic E-state index is 12.5. The molecule has 1 heterocycles. The SMILES string of the molecule is O=C(Cl)c1cc(C(F)F)c([N+](=O)[O-])c(C(F)(F)F)n1. The molecule has 1 aromatic rings. The van der Waals surface area contributed by atoms with Gasteiger partial charge in [0.2, 0.25) is 5.69 Å². The highest BCUT2D eigenvalue weighted by molar-refractivity contribution is 6.67. The third-order valence-electron chi connectivity index (χ3n) is 1.91. The van der Waals surface area contributed by atoms with Crippen molar-refractivity contribution in [1.82, 2.24) is 4.98 Å². The number of aromatic nitrogens is 1. The van der Waals surface area contributed by atoms with Crippen LogP contribution in [0.25, 0.3) is 0 Å². The summed E-state index contributed by atoms with van der Waals surface area (Å²) >= 11 is 4.85. The Morgan fingerprint density at radius 2 is 1.95 bits per heavy atom. The summed E-state index contributed by atoms with van der Waals surface area (Å²) in [4.78, 5) is 22.2. The quantitative estimate of drug-likeness (QED) is 0.371. The van der Waals surface area contributed by atoms with Gasteiger partial charge in [-0.3, -0.25) is 14.9 Å². The van der Waals surface area contributed by atoms with Crippen LogP contribution in [0.2, 0.25) is 0 Å². The lowest BCUT2D eigenvalue weighted by Crippen LogP contribution is -2.16. The van der Waals surface area contributed by atoms with Crippen LogP contribution in [0, 0.1) is 10.1 Å². The molecule has 0 aromatic carbocycles. The van der Waals surface area contributed by atoms with E-state index in [-0.39, 0.29) is 6.07 Å². The third kappa shape index (κ3) is 3.13. The minimum atomic E-state index is -5.38. The highest BCUT2D eigenvalue weighted by Crippen LogP contribution is 2.40. The van der Waals surface area contributed by atoms with Crippen LogP contribution in [-0.4, -0.2) is 15.1 Å². The van der Waals surface area contributed by atoms with Crippen molar-refractivity contribution >= 4 is 22.5 Å². The molecule has 0 bridgehead atoms. The maximum Gasteiger partial charge on any atom is 0.440 e. The van der Waals surface area contributed by atoms with Gasteiger partial charge in [-0.25, -0.2) is 13.8 Å². The number of pyridine rings is 1. The first kappa shape index (κ1) is 15.2. The summed E-state index contributed by atoms with van der Waals surface area (Å²) in [5, 5.41) is 8.95. The van der Waals surface area contributed by atoms with E-state index in [4.69, 9.17) is 11.6 Å². The Kier molecular flexibility index (Phi) is 4.03. The molecule has 19 heavy (non-hydrogen) atoms. The first-order chi connectivity index (χ1) is 8.55. The molecule has 0 N–H and O–H groups in total. The molecule has 0 spiro atoms. The first-order valence-corrected chi connectivity index (χ1v) is 4.68. The van der Waals surface area contributed by atoms with Crippen molar-refractivity contribution in [2.24, 2.45) is 0 Å². The smallest absolute Gasteiger partial charge is 0.274 e. The summed E-state index contributed by atoms with van der Waals surface area (Å²) in [6, 6.07) is 0.160. The summed E-state index contributed by atoms with van der Waals surface area (Å²) in [6.07, 6.45) is -8.98. The van der Waals surface area contributed by atoms with E-state index in [1.54, 1.807) is 0 Å². The maximum absolute atomic E-state index is 12.5. The van der Waals surface area contributed by atoms with Crippen LogP contribution in [0.1, 0.15) is 28.2 Å². The molecule has 1 rings (SSSR count). The van der Waals surface area contributed by atoms with Crippen molar-refractivity contribution in [1.29, 1.82) is 0 Å². The highest BCUT2D eigenvalue weighted by Gasteiger charge is 2.44. The second-order valence-electron chi connectivity index (χ2n) is 3.12. The second kappa shape index (κ2) is 5.03. The molecule has 0 radical (unpaired) electrons. The topological polar surface area (TPSA) is 73.1 Å². The number of rotatable bonds is 3. The predicted octanol–water partition coefficient (Wildman–Crippen LogP) is 3.33. The van der Waals surface area contributed by atoms with Gasteiger partial charge in [-0.15, -0.1) is 0 Å². The Labute approximate surface area is 106 Å². The normalized spacial score (nSPS) is 11.7. The summed E-state index contributed by atoms with van der Waals surface area (Å²) < 4.78 is 62.7. The van der Waals surface area contributed by atoms with Gasteiger partial charge in [0.25, 0.3) is 11.7 Å². The van der Waals surface area contributed by atoms with Crippen LogP contribution in [0.3, 0.4) is 0 Å². The van der Waals surface area contributed by atoms with Gasteiger partial charge >= 0.3 is 11.9 Å². The summed E-state index contributed by atoms with van der Waals surface area (Å²) in [5.41, 5.74) is -6.81. The zero-order valence-electron chi connectivity index (χ0n) is 8.54. The number of nitrogens with zero attached hydrogens (tertiary/aromatic N) is 2. The molecule has 0 unspecified atom stereocenters. The Hall–Kier alpha value is -1.84. The van der Waals surface area contributed by atoms with Crippen molar-refractivity contribution in [2.45, 2.75) is 12.6 Å². The minimum absolute atomic E-state index is 0.160. The Morgan fingerprint density at radius 1 is 1.42 bits per heavy atom. The Balaban J connectivity index is 3.76. The van der Waals surface area contributed by atoms with Gasteiger partial charge in [-0.05, 0) is 17.7 Å². The number of carbonyl (C=O) groups is 1. The molecule has 1 aromatic heterocycles. The summed E-state index contributed by atoms with van der Waals surface area (Å²) in [5.74, 6) is 0. The number of hydrogen-bond acceptors (Lipinski definition) is 4. The number of halogens is 6. The molecule has 0 fully saturated rings. The molecule has 104 valence electrons. The van der Waals surface area contributed by atoms with Gasteiger partial charge in [0.1, 0.15) is 11.3 Å². The average molecular weight is 305 g/mol. The van der Waals surface area contributed by atoms with Gasteiger partial charge < -0.3 is 0 Å². The molecule has 0 aliphatic rings. The molecule has 0 aliphatic carbocycles. The van der Waals surface area contributed by atoms with Crippen molar-refractivity contribution in [3.8, 4) is 0 Å². The van der Waals surface area contributed by atoms with Gasteiger partial charge in [0, 0.05) is 0 Å². The minimum Gasteiger partial charge on any atom is -0.274 e. The third-order valence-corrected chi connectivity index (χ3v) is 2.10. The summed E-state index contributed by atoms with van der Waals surface area (Å²) in [7, 11) is 0.